The quantitative estimate of drug-likeness (QED) is 0.632. The third kappa shape index (κ3) is 2.87. The Morgan fingerprint density at radius 1 is 1.58 bits per heavy atom. The number of benzene rings is 1. The topological polar surface area (TPSA) is 63.5 Å². The Hall–Kier alpha value is -1.62. The summed E-state index contributed by atoms with van der Waals surface area (Å²) in [6, 6.07) is 3.96. The van der Waals surface area contributed by atoms with Crippen molar-refractivity contribution in [1.82, 2.24) is 4.90 Å². The predicted octanol–water partition coefficient (Wildman–Crippen LogP) is 3.12. The number of carbonyl (C=O) groups is 1. The van der Waals surface area contributed by atoms with Crippen LogP contribution in [0.3, 0.4) is 0 Å². The van der Waals surface area contributed by atoms with Crippen LogP contribution >= 0.6 is 11.6 Å². The molecule has 1 unspecified atom stereocenters. The summed E-state index contributed by atoms with van der Waals surface area (Å²) >= 11 is 5.97. The first-order valence-electron chi connectivity index (χ1n) is 6.26. The molecule has 19 heavy (non-hydrogen) atoms. The number of non-ortho nitro benzene ring substituents is 1. The van der Waals surface area contributed by atoms with Gasteiger partial charge in [0.1, 0.15) is 0 Å². The van der Waals surface area contributed by atoms with Gasteiger partial charge in [-0.3, -0.25) is 14.9 Å². The number of hydrogen-bond donors (Lipinski definition) is 0. The van der Waals surface area contributed by atoms with Crippen LogP contribution in [0.4, 0.5) is 5.69 Å². The molecule has 0 radical (unpaired) electrons. The Kier molecular flexibility index (Phi) is 4.04. The molecule has 0 spiro atoms. The van der Waals surface area contributed by atoms with E-state index < -0.39 is 4.92 Å². The fourth-order valence-electron chi connectivity index (χ4n) is 2.31. The van der Waals surface area contributed by atoms with E-state index in [1.54, 1.807) is 4.90 Å². The van der Waals surface area contributed by atoms with Gasteiger partial charge in [-0.2, -0.15) is 0 Å². The number of carbonyl (C=O) groups excluding carboxylic acids is 1. The van der Waals surface area contributed by atoms with Crippen molar-refractivity contribution >= 4 is 23.2 Å². The van der Waals surface area contributed by atoms with Crippen molar-refractivity contribution < 1.29 is 9.72 Å². The van der Waals surface area contributed by atoms with E-state index in [0.29, 0.717) is 19.0 Å². The molecule has 1 saturated heterocycles. The number of hydrogen-bond acceptors (Lipinski definition) is 3. The second-order valence-corrected chi connectivity index (χ2v) is 5.14. The standard InChI is InChI=1S/C13H15ClN2O3/c1-2-9-5-6-15(8-9)13(17)11-7-10(16(18)19)3-4-12(11)14/h3-4,7,9H,2,5-6,8H2,1H3. The van der Waals surface area contributed by atoms with Crippen molar-refractivity contribution in [2.45, 2.75) is 19.8 Å². The summed E-state index contributed by atoms with van der Waals surface area (Å²) in [5, 5.41) is 11.0. The number of nitro benzene ring substituents is 1. The van der Waals surface area contributed by atoms with Gasteiger partial charge >= 0.3 is 0 Å². The lowest BCUT2D eigenvalue weighted by molar-refractivity contribution is -0.384. The summed E-state index contributed by atoms with van der Waals surface area (Å²) in [4.78, 5) is 24.3. The van der Waals surface area contributed by atoms with Crippen molar-refractivity contribution in [3.63, 3.8) is 0 Å². The number of halogens is 1. The first-order chi connectivity index (χ1) is 9.02. The van der Waals surface area contributed by atoms with E-state index in [1.807, 2.05) is 0 Å². The summed E-state index contributed by atoms with van der Waals surface area (Å²) < 4.78 is 0. The molecule has 1 fully saturated rings. The summed E-state index contributed by atoms with van der Waals surface area (Å²) in [7, 11) is 0. The van der Waals surface area contributed by atoms with Crippen LogP contribution in [0.25, 0.3) is 0 Å². The Morgan fingerprint density at radius 2 is 2.32 bits per heavy atom. The van der Waals surface area contributed by atoms with Gasteiger partial charge < -0.3 is 4.90 Å². The van der Waals surface area contributed by atoms with Gasteiger partial charge in [-0.25, -0.2) is 0 Å². The molecule has 1 aliphatic rings. The second-order valence-electron chi connectivity index (χ2n) is 4.74. The zero-order valence-corrected chi connectivity index (χ0v) is 11.4. The molecule has 0 saturated carbocycles. The molecule has 2 rings (SSSR count). The number of rotatable bonds is 3. The Labute approximate surface area is 116 Å². The van der Waals surface area contributed by atoms with E-state index in [9.17, 15) is 14.9 Å². The number of nitrogens with zero attached hydrogens (tertiary/aromatic N) is 2. The maximum atomic E-state index is 12.3. The Balaban J connectivity index is 2.24. The summed E-state index contributed by atoms with van der Waals surface area (Å²) in [6.07, 6.45) is 2.02. The highest BCUT2D eigenvalue weighted by Crippen LogP contribution is 2.26. The van der Waals surface area contributed by atoms with Crippen LogP contribution in [0.15, 0.2) is 18.2 Å². The molecule has 1 aromatic carbocycles. The van der Waals surface area contributed by atoms with E-state index in [0.717, 1.165) is 12.8 Å². The first-order valence-corrected chi connectivity index (χ1v) is 6.64. The van der Waals surface area contributed by atoms with E-state index in [-0.39, 0.29) is 22.2 Å². The van der Waals surface area contributed by atoms with Crippen molar-refractivity contribution in [1.29, 1.82) is 0 Å². The molecule has 102 valence electrons. The number of likely N-dealkylation sites (tertiary alicyclic amines) is 1. The molecule has 1 amide bonds. The van der Waals surface area contributed by atoms with Crippen molar-refractivity contribution in [2.24, 2.45) is 5.92 Å². The smallest absolute Gasteiger partial charge is 0.270 e. The Bertz CT molecular complexity index is 519. The lowest BCUT2D eigenvalue weighted by atomic mass is 10.1. The zero-order valence-electron chi connectivity index (χ0n) is 10.6. The molecular formula is C13H15ClN2O3. The third-order valence-corrected chi connectivity index (χ3v) is 3.87. The van der Waals surface area contributed by atoms with Crippen LogP contribution < -0.4 is 0 Å². The van der Waals surface area contributed by atoms with Crippen molar-refractivity contribution in [2.75, 3.05) is 13.1 Å². The molecule has 0 N–H and O–H groups in total. The fraction of sp³-hybridized carbons (Fsp3) is 0.462. The lowest BCUT2D eigenvalue weighted by Crippen LogP contribution is -2.28. The fourth-order valence-corrected chi connectivity index (χ4v) is 2.51. The average molecular weight is 283 g/mol. The molecule has 5 nitrogen and oxygen atoms in total. The predicted molar refractivity (Wildman–Crippen MR) is 72.4 cm³/mol. The maximum Gasteiger partial charge on any atom is 0.270 e. The van der Waals surface area contributed by atoms with Crippen molar-refractivity contribution in [3.05, 3.63) is 38.9 Å². The van der Waals surface area contributed by atoms with Gasteiger partial charge in [-0.15, -0.1) is 0 Å². The lowest BCUT2D eigenvalue weighted by Gasteiger charge is -2.16. The third-order valence-electron chi connectivity index (χ3n) is 3.54. The average Bonchev–Trinajstić information content (AvgIpc) is 2.87. The monoisotopic (exact) mass is 282 g/mol. The van der Waals surface area contributed by atoms with Gasteiger partial charge in [0.25, 0.3) is 11.6 Å². The van der Waals surface area contributed by atoms with E-state index in [4.69, 9.17) is 11.6 Å². The van der Waals surface area contributed by atoms with Gasteiger partial charge in [0.2, 0.25) is 0 Å². The highest BCUT2D eigenvalue weighted by molar-refractivity contribution is 6.33. The zero-order chi connectivity index (χ0) is 14.0. The minimum absolute atomic E-state index is 0.112. The van der Waals surface area contributed by atoms with Gasteiger partial charge in [-0.1, -0.05) is 24.9 Å². The molecule has 1 atom stereocenters. The molecule has 6 heteroatoms. The van der Waals surface area contributed by atoms with Crippen LogP contribution in [-0.4, -0.2) is 28.8 Å². The van der Waals surface area contributed by atoms with Crippen LogP contribution in [-0.2, 0) is 0 Å². The Morgan fingerprint density at radius 3 is 2.89 bits per heavy atom. The highest BCUT2D eigenvalue weighted by atomic mass is 35.5. The normalized spacial score (nSPS) is 18.6. The second kappa shape index (κ2) is 5.57. The molecule has 0 aromatic heterocycles. The van der Waals surface area contributed by atoms with Gasteiger partial charge in [-0.05, 0) is 18.4 Å². The number of amides is 1. The summed E-state index contributed by atoms with van der Waals surface area (Å²) in [6.45, 7) is 3.49. The van der Waals surface area contributed by atoms with Crippen LogP contribution in [0.5, 0.6) is 0 Å². The van der Waals surface area contributed by atoms with E-state index in [1.165, 1.54) is 18.2 Å². The molecule has 1 aliphatic heterocycles. The summed E-state index contributed by atoms with van der Waals surface area (Å²) in [5.41, 5.74) is 0.103. The van der Waals surface area contributed by atoms with Crippen LogP contribution in [0.1, 0.15) is 30.1 Å². The molecule has 0 aliphatic carbocycles. The van der Waals surface area contributed by atoms with Gasteiger partial charge in [0.15, 0.2) is 0 Å². The summed E-state index contributed by atoms with van der Waals surface area (Å²) in [5.74, 6) is 0.297. The van der Waals surface area contributed by atoms with Gasteiger partial charge in [0, 0.05) is 25.2 Å². The maximum absolute atomic E-state index is 12.3. The van der Waals surface area contributed by atoms with Crippen LogP contribution in [0, 0.1) is 16.0 Å². The largest absolute Gasteiger partial charge is 0.338 e. The van der Waals surface area contributed by atoms with E-state index >= 15 is 0 Å². The molecular weight excluding hydrogens is 268 g/mol. The van der Waals surface area contributed by atoms with E-state index in [2.05, 4.69) is 6.92 Å². The highest BCUT2D eigenvalue weighted by Gasteiger charge is 2.27. The first kappa shape index (κ1) is 13.8. The molecule has 1 aromatic rings. The van der Waals surface area contributed by atoms with Crippen molar-refractivity contribution in [3.8, 4) is 0 Å². The van der Waals surface area contributed by atoms with Crippen LogP contribution in [0.2, 0.25) is 5.02 Å². The molecule has 0 bridgehead atoms. The SMILES string of the molecule is CCC1CCN(C(=O)c2cc([N+](=O)[O-])ccc2Cl)C1. The minimum Gasteiger partial charge on any atom is -0.338 e. The molecule has 1 heterocycles. The van der Waals surface area contributed by atoms with Gasteiger partial charge in [0.05, 0.1) is 15.5 Å². The minimum atomic E-state index is -0.522. The number of nitro groups is 1.